The first-order valence-corrected chi connectivity index (χ1v) is 6.00. The zero-order chi connectivity index (χ0) is 12.7. The third kappa shape index (κ3) is 1.73. The van der Waals surface area contributed by atoms with E-state index in [4.69, 9.17) is 11.6 Å². The van der Waals surface area contributed by atoms with Crippen molar-refractivity contribution in [2.24, 2.45) is 0 Å². The molecule has 3 rings (SSSR count). The van der Waals surface area contributed by atoms with Gasteiger partial charge in [-0.2, -0.15) is 0 Å². The van der Waals surface area contributed by atoms with Crippen LogP contribution in [-0.4, -0.2) is 9.55 Å². The largest absolute Gasteiger partial charge is 0.331 e. The lowest BCUT2D eigenvalue weighted by Crippen LogP contribution is -2.14. The van der Waals surface area contributed by atoms with Gasteiger partial charge in [0, 0.05) is 5.02 Å². The highest BCUT2D eigenvalue weighted by Crippen LogP contribution is 2.19. The number of imidazole rings is 1. The molecule has 0 bridgehead atoms. The van der Waals surface area contributed by atoms with Crippen molar-refractivity contribution >= 4 is 22.6 Å². The molecule has 4 heteroatoms. The van der Waals surface area contributed by atoms with Crippen LogP contribution in [0.1, 0.15) is 5.56 Å². The minimum Gasteiger partial charge on any atom is -0.305 e. The van der Waals surface area contributed by atoms with Gasteiger partial charge in [-0.3, -0.25) is 4.57 Å². The minimum absolute atomic E-state index is 0.156. The van der Waals surface area contributed by atoms with Crippen LogP contribution in [0.2, 0.25) is 5.02 Å². The average Bonchev–Trinajstić information content (AvgIpc) is 2.65. The van der Waals surface area contributed by atoms with Crippen LogP contribution in [0.4, 0.5) is 0 Å². The van der Waals surface area contributed by atoms with E-state index in [0.29, 0.717) is 5.02 Å². The zero-order valence-electron chi connectivity index (χ0n) is 9.77. The van der Waals surface area contributed by atoms with Crippen LogP contribution in [0.25, 0.3) is 16.7 Å². The molecule has 1 aromatic heterocycles. The summed E-state index contributed by atoms with van der Waals surface area (Å²) in [6.07, 6.45) is 0. The van der Waals surface area contributed by atoms with Gasteiger partial charge in [0.05, 0.1) is 16.7 Å². The van der Waals surface area contributed by atoms with Crippen LogP contribution >= 0.6 is 11.6 Å². The maximum atomic E-state index is 12.0. The highest BCUT2D eigenvalue weighted by Gasteiger charge is 2.08. The maximum absolute atomic E-state index is 12.0. The molecule has 2 aromatic carbocycles. The molecule has 3 aromatic rings. The minimum atomic E-state index is -0.156. The fourth-order valence-electron chi connectivity index (χ4n) is 2.03. The summed E-state index contributed by atoms with van der Waals surface area (Å²) < 4.78 is 1.64. The highest BCUT2D eigenvalue weighted by molar-refractivity contribution is 6.31. The van der Waals surface area contributed by atoms with E-state index < -0.39 is 0 Å². The number of benzene rings is 2. The lowest BCUT2D eigenvalue weighted by atomic mass is 10.2. The molecule has 0 amide bonds. The first-order valence-electron chi connectivity index (χ1n) is 5.62. The van der Waals surface area contributed by atoms with Gasteiger partial charge in [-0.05, 0) is 37.3 Å². The number of H-pyrrole nitrogens is 1. The Kier molecular flexibility index (Phi) is 2.49. The van der Waals surface area contributed by atoms with E-state index >= 15 is 0 Å². The molecule has 0 aliphatic heterocycles. The van der Waals surface area contributed by atoms with E-state index in [1.54, 1.807) is 16.7 Å². The Hall–Kier alpha value is -2.00. The molecule has 1 N–H and O–H groups in total. The number of rotatable bonds is 1. The third-order valence-corrected chi connectivity index (χ3v) is 3.17. The molecule has 0 aliphatic rings. The summed E-state index contributed by atoms with van der Waals surface area (Å²) in [5.74, 6) is 0. The van der Waals surface area contributed by atoms with Crippen LogP contribution in [0.5, 0.6) is 0 Å². The van der Waals surface area contributed by atoms with Gasteiger partial charge in [-0.1, -0.05) is 29.3 Å². The van der Waals surface area contributed by atoms with E-state index in [0.717, 1.165) is 22.3 Å². The molecule has 90 valence electrons. The Balaban J connectivity index is 2.32. The van der Waals surface area contributed by atoms with Crippen LogP contribution in [0.15, 0.2) is 47.3 Å². The van der Waals surface area contributed by atoms with Crippen molar-refractivity contribution in [3.63, 3.8) is 0 Å². The highest BCUT2D eigenvalue weighted by atomic mass is 35.5. The van der Waals surface area contributed by atoms with E-state index in [9.17, 15) is 4.79 Å². The monoisotopic (exact) mass is 258 g/mol. The smallest absolute Gasteiger partial charge is 0.305 e. The number of nitrogens with zero attached hydrogens (tertiary/aromatic N) is 1. The number of hydrogen-bond acceptors (Lipinski definition) is 1. The Morgan fingerprint density at radius 1 is 1.11 bits per heavy atom. The molecule has 0 saturated carbocycles. The van der Waals surface area contributed by atoms with Crippen LogP contribution in [0.3, 0.4) is 0 Å². The normalized spacial score (nSPS) is 11.0. The van der Waals surface area contributed by atoms with E-state index in [2.05, 4.69) is 4.98 Å². The van der Waals surface area contributed by atoms with E-state index in [1.807, 2.05) is 37.3 Å². The molecule has 3 nitrogen and oxygen atoms in total. The standard InChI is InChI=1S/C14H11ClN2O/c1-9-2-5-11(6-3-9)17-13-7-4-10(15)8-12(13)16-14(17)18/h2-8H,1H3,(H,16,18). The number of aromatic amines is 1. The summed E-state index contributed by atoms with van der Waals surface area (Å²) in [7, 11) is 0. The molecule has 0 aliphatic carbocycles. The molecule has 0 atom stereocenters. The maximum Gasteiger partial charge on any atom is 0.331 e. The third-order valence-electron chi connectivity index (χ3n) is 2.94. The van der Waals surface area contributed by atoms with Gasteiger partial charge in [0.15, 0.2) is 0 Å². The Labute approximate surface area is 109 Å². The predicted molar refractivity (Wildman–Crippen MR) is 73.6 cm³/mol. The van der Waals surface area contributed by atoms with Crippen LogP contribution in [-0.2, 0) is 0 Å². The van der Waals surface area contributed by atoms with Crippen molar-refractivity contribution in [3.05, 3.63) is 63.5 Å². The van der Waals surface area contributed by atoms with Crippen molar-refractivity contribution in [2.45, 2.75) is 6.92 Å². The summed E-state index contributed by atoms with van der Waals surface area (Å²) in [6.45, 7) is 2.02. The summed E-state index contributed by atoms with van der Waals surface area (Å²) in [5.41, 5.74) is 3.42. The van der Waals surface area contributed by atoms with Crippen LogP contribution in [0, 0.1) is 6.92 Å². The summed E-state index contributed by atoms with van der Waals surface area (Å²) >= 11 is 5.92. The molecule has 18 heavy (non-hydrogen) atoms. The van der Waals surface area contributed by atoms with Crippen LogP contribution < -0.4 is 5.69 Å². The molecule has 0 radical (unpaired) electrons. The molecular weight excluding hydrogens is 248 g/mol. The van der Waals surface area contributed by atoms with Crippen molar-refractivity contribution in [1.29, 1.82) is 0 Å². The van der Waals surface area contributed by atoms with Gasteiger partial charge >= 0.3 is 5.69 Å². The predicted octanol–water partition coefficient (Wildman–Crippen LogP) is 3.28. The molecule has 0 unspecified atom stereocenters. The SMILES string of the molecule is Cc1ccc(-n2c(=O)[nH]c3cc(Cl)ccc32)cc1. The molecule has 0 fully saturated rings. The van der Waals surface area contributed by atoms with E-state index in [1.165, 1.54) is 0 Å². The topological polar surface area (TPSA) is 37.8 Å². The molecule has 1 heterocycles. The van der Waals surface area contributed by atoms with Gasteiger partial charge in [0.1, 0.15) is 0 Å². The number of nitrogens with one attached hydrogen (secondary N) is 1. The van der Waals surface area contributed by atoms with Gasteiger partial charge < -0.3 is 4.98 Å². The Morgan fingerprint density at radius 2 is 1.83 bits per heavy atom. The fraction of sp³-hybridized carbons (Fsp3) is 0.0714. The lowest BCUT2D eigenvalue weighted by molar-refractivity contribution is 1.01. The average molecular weight is 259 g/mol. The second-order valence-corrected chi connectivity index (χ2v) is 4.70. The second-order valence-electron chi connectivity index (χ2n) is 4.26. The van der Waals surface area contributed by atoms with Gasteiger partial charge in [0.25, 0.3) is 0 Å². The summed E-state index contributed by atoms with van der Waals surface area (Å²) in [4.78, 5) is 14.8. The van der Waals surface area contributed by atoms with Crippen molar-refractivity contribution < 1.29 is 0 Å². The number of halogens is 1. The molecular formula is C14H11ClN2O. The quantitative estimate of drug-likeness (QED) is 0.715. The number of fused-ring (bicyclic) bond motifs is 1. The number of aromatic nitrogens is 2. The summed E-state index contributed by atoms with van der Waals surface area (Å²) in [5, 5.41) is 0.611. The van der Waals surface area contributed by atoms with Crippen molar-refractivity contribution in [1.82, 2.24) is 9.55 Å². The Bertz CT molecular complexity index is 769. The first-order chi connectivity index (χ1) is 8.65. The first kappa shape index (κ1) is 11.1. The molecule has 0 spiro atoms. The van der Waals surface area contributed by atoms with Crippen molar-refractivity contribution in [3.8, 4) is 5.69 Å². The number of aryl methyl sites for hydroxylation is 1. The lowest BCUT2D eigenvalue weighted by Gasteiger charge is -2.03. The Morgan fingerprint density at radius 3 is 2.56 bits per heavy atom. The van der Waals surface area contributed by atoms with Gasteiger partial charge in [-0.25, -0.2) is 4.79 Å². The molecule has 0 saturated heterocycles. The fourth-order valence-corrected chi connectivity index (χ4v) is 2.21. The van der Waals surface area contributed by atoms with Gasteiger partial charge in [-0.15, -0.1) is 0 Å². The number of hydrogen-bond donors (Lipinski definition) is 1. The van der Waals surface area contributed by atoms with Gasteiger partial charge in [0.2, 0.25) is 0 Å². The zero-order valence-corrected chi connectivity index (χ0v) is 10.5. The van der Waals surface area contributed by atoms with E-state index in [-0.39, 0.29) is 5.69 Å². The van der Waals surface area contributed by atoms with Crippen molar-refractivity contribution in [2.75, 3.05) is 0 Å². The second kappa shape index (κ2) is 4.03. The summed E-state index contributed by atoms with van der Waals surface area (Å²) in [6, 6.07) is 13.2.